The normalized spacial score (nSPS) is 17.2. The van der Waals surface area contributed by atoms with E-state index in [0.29, 0.717) is 11.6 Å². The van der Waals surface area contributed by atoms with Crippen LogP contribution < -0.4 is 15.5 Å². The van der Waals surface area contributed by atoms with Crippen LogP contribution in [0.15, 0.2) is 42.9 Å². The molecule has 0 spiro atoms. The molecule has 2 aliphatic rings. The Balaban J connectivity index is 1.41. The van der Waals surface area contributed by atoms with E-state index in [2.05, 4.69) is 62.5 Å². The van der Waals surface area contributed by atoms with Crippen LogP contribution in [-0.2, 0) is 24.9 Å². The zero-order chi connectivity index (χ0) is 20.7. The molecule has 0 saturated carbocycles. The number of hydrogen-bond donors (Lipinski definition) is 2. The van der Waals surface area contributed by atoms with Crippen molar-refractivity contribution in [3.8, 4) is 0 Å². The van der Waals surface area contributed by atoms with Crippen LogP contribution in [0.3, 0.4) is 0 Å². The van der Waals surface area contributed by atoms with Gasteiger partial charge in [-0.15, -0.1) is 0 Å². The maximum Gasteiger partial charge on any atom is 0.147 e. The molecule has 0 unspecified atom stereocenters. The second-order valence-electron chi connectivity index (χ2n) is 8.61. The maximum atomic E-state index is 6.35. The van der Waals surface area contributed by atoms with Crippen LogP contribution in [0.5, 0.6) is 0 Å². The van der Waals surface area contributed by atoms with Crippen molar-refractivity contribution < 1.29 is 0 Å². The van der Waals surface area contributed by atoms with E-state index >= 15 is 0 Å². The number of benzene rings is 1. The zero-order valence-electron chi connectivity index (χ0n) is 17.2. The number of hydrogen-bond acceptors (Lipinski definition) is 6. The SMILES string of the molecule is CC1(C)CNCc2cc(Nc3ncnc4c3CCN(c3ncccc3Cl)C4)ccc21. The van der Waals surface area contributed by atoms with E-state index in [1.165, 1.54) is 11.1 Å². The Bertz CT molecular complexity index is 1100. The minimum Gasteiger partial charge on any atom is -0.349 e. The van der Waals surface area contributed by atoms with Gasteiger partial charge in [0.25, 0.3) is 0 Å². The van der Waals surface area contributed by atoms with E-state index in [1.54, 1.807) is 12.5 Å². The first kappa shape index (κ1) is 19.3. The van der Waals surface area contributed by atoms with Gasteiger partial charge in [-0.25, -0.2) is 15.0 Å². The molecule has 1 aromatic carbocycles. The van der Waals surface area contributed by atoms with Crippen LogP contribution in [0.4, 0.5) is 17.3 Å². The average molecular weight is 421 g/mol. The second kappa shape index (κ2) is 7.52. The van der Waals surface area contributed by atoms with Gasteiger partial charge in [0.05, 0.1) is 17.3 Å². The molecule has 0 atom stereocenters. The lowest BCUT2D eigenvalue weighted by atomic mass is 9.79. The Kier molecular flexibility index (Phi) is 4.83. The van der Waals surface area contributed by atoms with Crippen molar-refractivity contribution in [3.63, 3.8) is 0 Å². The summed E-state index contributed by atoms with van der Waals surface area (Å²) in [6, 6.07) is 10.4. The maximum absolute atomic E-state index is 6.35. The molecule has 3 aromatic rings. The lowest BCUT2D eigenvalue weighted by molar-refractivity contribution is 0.435. The first-order valence-corrected chi connectivity index (χ1v) is 10.7. The Morgan fingerprint density at radius 1 is 1.17 bits per heavy atom. The van der Waals surface area contributed by atoms with E-state index in [4.69, 9.17) is 11.6 Å². The fourth-order valence-corrected chi connectivity index (χ4v) is 4.71. The largest absolute Gasteiger partial charge is 0.349 e. The summed E-state index contributed by atoms with van der Waals surface area (Å²) in [4.78, 5) is 15.7. The third-order valence-electron chi connectivity index (χ3n) is 6.03. The molecular weight excluding hydrogens is 396 g/mol. The first-order chi connectivity index (χ1) is 14.5. The molecule has 0 aliphatic carbocycles. The van der Waals surface area contributed by atoms with Gasteiger partial charge in [0.15, 0.2) is 0 Å². The van der Waals surface area contributed by atoms with Gasteiger partial charge in [0, 0.05) is 42.5 Å². The molecule has 5 rings (SSSR count). The molecule has 7 heteroatoms. The number of fused-ring (bicyclic) bond motifs is 2. The topological polar surface area (TPSA) is 66.0 Å². The molecule has 0 fully saturated rings. The van der Waals surface area contributed by atoms with Crippen LogP contribution in [-0.4, -0.2) is 28.0 Å². The average Bonchev–Trinajstić information content (AvgIpc) is 2.73. The summed E-state index contributed by atoms with van der Waals surface area (Å²) in [6.45, 7) is 7.97. The molecule has 2 aromatic heterocycles. The predicted octanol–water partition coefficient (Wildman–Crippen LogP) is 4.21. The Morgan fingerprint density at radius 3 is 2.93 bits per heavy atom. The number of nitrogens with one attached hydrogen (secondary N) is 2. The van der Waals surface area contributed by atoms with Crippen molar-refractivity contribution in [2.45, 2.75) is 38.8 Å². The van der Waals surface area contributed by atoms with Crippen molar-refractivity contribution in [2.24, 2.45) is 0 Å². The summed E-state index contributed by atoms with van der Waals surface area (Å²) in [7, 11) is 0. The highest BCUT2D eigenvalue weighted by Crippen LogP contribution is 2.33. The smallest absolute Gasteiger partial charge is 0.147 e. The minimum atomic E-state index is 0.149. The van der Waals surface area contributed by atoms with Gasteiger partial charge in [-0.3, -0.25) is 0 Å². The van der Waals surface area contributed by atoms with Gasteiger partial charge in [0.2, 0.25) is 0 Å². The Hall–Kier alpha value is -2.70. The van der Waals surface area contributed by atoms with Crippen LogP contribution in [0.1, 0.15) is 36.2 Å². The molecule has 6 nitrogen and oxygen atoms in total. The van der Waals surface area contributed by atoms with Crippen molar-refractivity contribution in [1.29, 1.82) is 0 Å². The molecular formula is C23H25ClN6. The predicted molar refractivity (Wildman–Crippen MR) is 120 cm³/mol. The lowest BCUT2D eigenvalue weighted by Gasteiger charge is -2.33. The highest BCUT2D eigenvalue weighted by molar-refractivity contribution is 6.32. The van der Waals surface area contributed by atoms with Crippen molar-refractivity contribution in [3.05, 3.63) is 70.3 Å². The highest BCUT2D eigenvalue weighted by atomic mass is 35.5. The van der Waals surface area contributed by atoms with Crippen molar-refractivity contribution >= 4 is 28.9 Å². The molecule has 0 bridgehead atoms. The molecule has 2 aliphatic heterocycles. The van der Waals surface area contributed by atoms with E-state index in [9.17, 15) is 0 Å². The number of nitrogens with zero attached hydrogens (tertiary/aromatic N) is 4. The molecule has 2 N–H and O–H groups in total. The van der Waals surface area contributed by atoms with E-state index in [0.717, 1.165) is 54.6 Å². The van der Waals surface area contributed by atoms with E-state index in [1.807, 2.05) is 12.1 Å². The third kappa shape index (κ3) is 3.50. The zero-order valence-corrected chi connectivity index (χ0v) is 18.0. The second-order valence-corrected chi connectivity index (χ2v) is 9.02. The van der Waals surface area contributed by atoms with Crippen molar-refractivity contribution in [1.82, 2.24) is 20.3 Å². The number of aromatic nitrogens is 3. The number of rotatable bonds is 3. The lowest BCUT2D eigenvalue weighted by Crippen LogP contribution is -2.38. The third-order valence-corrected chi connectivity index (χ3v) is 6.32. The summed E-state index contributed by atoms with van der Waals surface area (Å²) in [5.41, 5.74) is 6.15. The fourth-order valence-electron chi connectivity index (χ4n) is 4.47. The number of pyridine rings is 1. The monoisotopic (exact) mass is 420 g/mol. The number of halogens is 1. The minimum absolute atomic E-state index is 0.149. The molecule has 0 radical (unpaired) electrons. The fraction of sp³-hybridized carbons (Fsp3) is 0.348. The van der Waals surface area contributed by atoms with Crippen molar-refractivity contribution in [2.75, 3.05) is 23.3 Å². The van der Waals surface area contributed by atoms with Crippen LogP contribution in [0.25, 0.3) is 0 Å². The Labute approximate surface area is 181 Å². The molecule has 30 heavy (non-hydrogen) atoms. The standard InChI is InChI=1S/C23H25ClN6/c1-23(2)13-25-11-15-10-16(5-6-18(15)23)29-21-17-7-9-30(12-20(17)27-14-28-21)22-19(24)4-3-8-26-22/h3-6,8,10,14,25H,7,9,11-13H2,1-2H3,(H,27,28,29). The van der Waals surface area contributed by atoms with Crippen LogP contribution in [0, 0.1) is 0 Å². The summed E-state index contributed by atoms with van der Waals surface area (Å²) >= 11 is 6.35. The van der Waals surface area contributed by atoms with Gasteiger partial charge in [-0.05, 0) is 41.8 Å². The summed E-state index contributed by atoms with van der Waals surface area (Å²) in [5.74, 6) is 1.69. The van der Waals surface area contributed by atoms with Gasteiger partial charge in [-0.1, -0.05) is 31.5 Å². The van der Waals surface area contributed by atoms with Crippen LogP contribution >= 0.6 is 11.6 Å². The Morgan fingerprint density at radius 2 is 2.07 bits per heavy atom. The molecule has 0 saturated heterocycles. The van der Waals surface area contributed by atoms with E-state index in [-0.39, 0.29) is 5.41 Å². The molecule has 4 heterocycles. The molecule has 0 amide bonds. The summed E-state index contributed by atoms with van der Waals surface area (Å²) in [6.07, 6.45) is 4.24. The first-order valence-electron chi connectivity index (χ1n) is 10.3. The van der Waals surface area contributed by atoms with Gasteiger partial charge in [-0.2, -0.15) is 0 Å². The summed E-state index contributed by atoms with van der Waals surface area (Å²) < 4.78 is 0. The van der Waals surface area contributed by atoms with Gasteiger partial charge in [0.1, 0.15) is 18.0 Å². The quantitative estimate of drug-likeness (QED) is 0.661. The molecule has 154 valence electrons. The van der Waals surface area contributed by atoms with E-state index < -0.39 is 0 Å². The number of anilines is 3. The van der Waals surface area contributed by atoms with Gasteiger partial charge < -0.3 is 15.5 Å². The highest BCUT2D eigenvalue weighted by Gasteiger charge is 2.27. The summed E-state index contributed by atoms with van der Waals surface area (Å²) in [5, 5.41) is 7.72. The van der Waals surface area contributed by atoms with Crippen LogP contribution in [0.2, 0.25) is 5.02 Å². The van der Waals surface area contributed by atoms with Gasteiger partial charge >= 0.3 is 0 Å².